The summed E-state index contributed by atoms with van der Waals surface area (Å²) in [6, 6.07) is 9.40. The molecular formula is C17H15F3N2O3. The number of nitrogens with zero attached hydrogens (tertiary/aromatic N) is 1. The summed E-state index contributed by atoms with van der Waals surface area (Å²) in [6.07, 6.45) is 1.15. The molecule has 0 saturated carbocycles. The maximum Gasteiger partial charge on any atom is 0.387 e. The molecule has 1 amide bonds. The van der Waals surface area contributed by atoms with Crippen LogP contribution in [-0.4, -0.2) is 25.3 Å². The summed E-state index contributed by atoms with van der Waals surface area (Å²) in [4.78, 5) is 11.9. The van der Waals surface area contributed by atoms with Gasteiger partial charge in [0.1, 0.15) is 5.82 Å². The molecule has 8 heteroatoms. The van der Waals surface area contributed by atoms with Crippen LogP contribution in [0.1, 0.15) is 22.8 Å². The molecule has 25 heavy (non-hydrogen) atoms. The van der Waals surface area contributed by atoms with Gasteiger partial charge in [0.25, 0.3) is 5.91 Å². The van der Waals surface area contributed by atoms with Crippen LogP contribution in [0, 0.1) is 5.82 Å². The average Bonchev–Trinajstić information content (AvgIpc) is 2.58. The first-order valence-electron chi connectivity index (χ1n) is 7.31. The highest BCUT2D eigenvalue weighted by Gasteiger charge is 2.14. The van der Waals surface area contributed by atoms with Crippen molar-refractivity contribution in [3.8, 4) is 11.5 Å². The number of para-hydroxylation sites is 1. The molecule has 0 aliphatic heterocycles. The molecule has 2 aromatic rings. The van der Waals surface area contributed by atoms with Gasteiger partial charge in [-0.15, -0.1) is 0 Å². The lowest BCUT2D eigenvalue weighted by atomic mass is 10.2. The Labute approximate surface area is 142 Å². The number of amides is 1. The number of hydrogen-bond donors (Lipinski definition) is 1. The second-order valence-electron chi connectivity index (χ2n) is 4.69. The van der Waals surface area contributed by atoms with Crippen molar-refractivity contribution in [2.45, 2.75) is 13.5 Å². The minimum Gasteiger partial charge on any atom is -0.490 e. The Hall–Kier alpha value is -3.03. The molecule has 0 unspecified atom stereocenters. The minimum absolute atomic E-state index is 0.136. The highest BCUT2D eigenvalue weighted by molar-refractivity contribution is 5.95. The Bertz CT molecular complexity index is 749. The molecule has 0 aliphatic rings. The first-order valence-corrected chi connectivity index (χ1v) is 7.31. The number of hydrogen-bond acceptors (Lipinski definition) is 4. The fourth-order valence-corrected chi connectivity index (χ4v) is 1.95. The molecule has 0 aliphatic carbocycles. The molecule has 0 spiro atoms. The molecule has 132 valence electrons. The number of hydrazone groups is 1. The Morgan fingerprint density at radius 1 is 1.24 bits per heavy atom. The highest BCUT2D eigenvalue weighted by Crippen LogP contribution is 2.31. The number of halogens is 3. The quantitative estimate of drug-likeness (QED) is 0.612. The Morgan fingerprint density at radius 3 is 2.60 bits per heavy atom. The third-order valence-electron chi connectivity index (χ3n) is 2.99. The molecule has 0 atom stereocenters. The van der Waals surface area contributed by atoms with Crippen LogP contribution >= 0.6 is 0 Å². The van der Waals surface area contributed by atoms with Gasteiger partial charge >= 0.3 is 6.61 Å². The van der Waals surface area contributed by atoms with Crippen molar-refractivity contribution in [3.05, 3.63) is 59.4 Å². The van der Waals surface area contributed by atoms with Gasteiger partial charge < -0.3 is 9.47 Å². The van der Waals surface area contributed by atoms with Crippen LogP contribution < -0.4 is 14.9 Å². The van der Waals surface area contributed by atoms with E-state index in [0.717, 1.165) is 18.3 Å². The van der Waals surface area contributed by atoms with E-state index in [9.17, 15) is 18.0 Å². The largest absolute Gasteiger partial charge is 0.490 e. The van der Waals surface area contributed by atoms with Crippen molar-refractivity contribution < 1.29 is 27.4 Å². The first-order chi connectivity index (χ1) is 12.0. The molecule has 0 saturated heterocycles. The van der Waals surface area contributed by atoms with E-state index in [1.165, 1.54) is 24.3 Å². The molecule has 0 heterocycles. The number of carbonyl (C=O) groups excluding carboxylic acids is 1. The standard InChI is InChI=1S/C17H15F3N2O3/c1-2-24-14-5-3-4-12(15(14)25-17(19)20)10-21-22-16(23)11-6-8-13(18)9-7-11/h3-10,17H,2H2,1H3,(H,22,23)/b21-10-. The maximum absolute atomic E-state index is 12.8. The van der Waals surface area contributed by atoms with Crippen LogP contribution in [0.15, 0.2) is 47.6 Å². The van der Waals surface area contributed by atoms with E-state index in [1.54, 1.807) is 13.0 Å². The topological polar surface area (TPSA) is 59.9 Å². The molecule has 1 N–H and O–H groups in total. The van der Waals surface area contributed by atoms with Gasteiger partial charge in [0.05, 0.1) is 12.8 Å². The summed E-state index contributed by atoms with van der Waals surface area (Å²) in [7, 11) is 0. The van der Waals surface area contributed by atoms with E-state index in [-0.39, 0.29) is 29.2 Å². The fraction of sp³-hybridized carbons (Fsp3) is 0.176. The van der Waals surface area contributed by atoms with Gasteiger partial charge in [-0.2, -0.15) is 13.9 Å². The van der Waals surface area contributed by atoms with Crippen molar-refractivity contribution in [2.24, 2.45) is 5.10 Å². The van der Waals surface area contributed by atoms with E-state index in [0.29, 0.717) is 0 Å². The van der Waals surface area contributed by atoms with Crippen molar-refractivity contribution in [1.82, 2.24) is 5.43 Å². The molecular weight excluding hydrogens is 337 g/mol. The van der Waals surface area contributed by atoms with Gasteiger partial charge in [0, 0.05) is 11.1 Å². The molecule has 2 rings (SSSR count). The van der Waals surface area contributed by atoms with Crippen LogP contribution in [-0.2, 0) is 0 Å². The summed E-state index contributed by atoms with van der Waals surface area (Å²) in [6.45, 7) is -1.07. The summed E-state index contributed by atoms with van der Waals surface area (Å²) in [5.74, 6) is -1.09. The lowest BCUT2D eigenvalue weighted by Crippen LogP contribution is -2.17. The molecule has 0 radical (unpaired) electrons. The predicted molar refractivity (Wildman–Crippen MR) is 85.7 cm³/mol. The first kappa shape index (κ1) is 18.3. The number of alkyl halides is 2. The van der Waals surface area contributed by atoms with Gasteiger partial charge in [-0.1, -0.05) is 6.07 Å². The number of benzene rings is 2. The van der Waals surface area contributed by atoms with E-state index >= 15 is 0 Å². The number of nitrogens with one attached hydrogen (secondary N) is 1. The van der Waals surface area contributed by atoms with Gasteiger partial charge in [-0.25, -0.2) is 9.82 Å². The summed E-state index contributed by atoms with van der Waals surface area (Å²) in [5, 5.41) is 3.71. The minimum atomic E-state index is -3.04. The van der Waals surface area contributed by atoms with Crippen molar-refractivity contribution in [2.75, 3.05) is 6.61 Å². The smallest absolute Gasteiger partial charge is 0.387 e. The second kappa shape index (κ2) is 8.72. The third kappa shape index (κ3) is 5.23. The maximum atomic E-state index is 12.8. The normalized spacial score (nSPS) is 10.9. The summed E-state index contributed by atoms with van der Waals surface area (Å²) in [5.41, 5.74) is 2.62. The third-order valence-corrected chi connectivity index (χ3v) is 2.99. The molecule has 0 aromatic heterocycles. The van der Waals surface area contributed by atoms with Crippen molar-refractivity contribution in [1.29, 1.82) is 0 Å². The number of ether oxygens (including phenoxy) is 2. The zero-order chi connectivity index (χ0) is 18.2. The van der Waals surface area contributed by atoms with Crippen molar-refractivity contribution >= 4 is 12.1 Å². The molecule has 0 fully saturated rings. The molecule has 0 bridgehead atoms. The summed E-state index contributed by atoms with van der Waals surface area (Å²) >= 11 is 0. The van der Waals surface area contributed by atoms with Crippen LogP contribution in [0.2, 0.25) is 0 Å². The highest BCUT2D eigenvalue weighted by atomic mass is 19.3. The Morgan fingerprint density at radius 2 is 1.96 bits per heavy atom. The van der Waals surface area contributed by atoms with Gasteiger partial charge in [0.15, 0.2) is 11.5 Å². The van der Waals surface area contributed by atoms with Crippen LogP contribution in [0.3, 0.4) is 0 Å². The van der Waals surface area contributed by atoms with E-state index < -0.39 is 18.3 Å². The monoisotopic (exact) mass is 352 g/mol. The molecule has 2 aromatic carbocycles. The summed E-state index contributed by atoms with van der Waals surface area (Å²) < 4.78 is 47.8. The van der Waals surface area contributed by atoms with E-state index in [1.807, 2.05) is 0 Å². The van der Waals surface area contributed by atoms with Gasteiger partial charge in [-0.05, 0) is 43.3 Å². The van der Waals surface area contributed by atoms with Crippen molar-refractivity contribution in [3.63, 3.8) is 0 Å². The average molecular weight is 352 g/mol. The van der Waals surface area contributed by atoms with Crippen LogP contribution in [0.25, 0.3) is 0 Å². The van der Waals surface area contributed by atoms with Gasteiger partial charge in [-0.3, -0.25) is 4.79 Å². The number of carbonyl (C=O) groups is 1. The van der Waals surface area contributed by atoms with Crippen LogP contribution in [0.5, 0.6) is 11.5 Å². The van der Waals surface area contributed by atoms with Gasteiger partial charge in [0.2, 0.25) is 0 Å². The number of rotatable bonds is 7. The predicted octanol–water partition coefficient (Wildman–Crippen LogP) is 3.59. The SMILES string of the molecule is CCOc1cccc(/C=N\NC(=O)c2ccc(F)cc2)c1OC(F)F. The lowest BCUT2D eigenvalue weighted by molar-refractivity contribution is -0.0515. The lowest BCUT2D eigenvalue weighted by Gasteiger charge is -2.13. The zero-order valence-electron chi connectivity index (χ0n) is 13.2. The fourth-order valence-electron chi connectivity index (χ4n) is 1.95. The Kier molecular flexibility index (Phi) is 6.39. The molecule has 5 nitrogen and oxygen atoms in total. The second-order valence-corrected chi connectivity index (χ2v) is 4.69. The Balaban J connectivity index is 2.15. The van der Waals surface area contributed by atoms with E-state index in [4.69, 9.17) is 4.74 Å². The zero-order valence-corrected chi connectivity index (χ0v) is 13.2. The van der Waals surface area contributed by atoms with Crippen LogP contribution in [0.4, 0.5) is 13.2 Å². The van der Waals surface area contributed by atoms with E-state index in [2.05, 4.69) is 15.3 Å².